The molecule has 0 heterocycles. The molecule has 0 radical (unpaired) electrons. The lowest BCUT2D eigenvalue weighted by Gasteiger charge is -2.10. The van der Waals surface area contributed by atoms with Crippen LogP contribution in [0, 0.1) is 5.82 Å². The minimum atomic E-state index is -4.72. The van der Waals surface area contributed by atoms with Crippen molar-refractivity contribution in [3.05, 3.63) is 59.4 Å². The molecule has 2 rings (SSSR count). The molecule has 2 aromatic carbocycles. The van der Waals surface area contributed by atoms with Crippen molar-refractivity contribution in [3.8, 4) is 11.1 Å². The van der Waals surface area contributed by atoms with Crippen LogP contribution in [0.4, 0.5) is 17.6 Å². The Morgan fingerprint density at radius 1 is 1.05 bits per heavy atom. The van der Waals surface area contributed by atoms with Crippen LogP contribution in [0.25, 0.3) is 11.1 Å². The Balaban J connectivity index is 2.44. The zero-order chi connectivity index (χ0) is 15.6. The summed E-state index contributed by atoms with van der Waals surface area (Å²) in [4.78, 5) is 11.6. The van der Waals surface area contributed by atoms with Crippen LogP contribution >= 0.6 is 0 Å². The number of hydrogen-bond donors (Lipinski definition) is 0. The average Bonchev–Trinajstić information content (AvgIpc) is 2.45. The maximum atomic E-state index is 13.6. The number of hydrogen-bond acceptors (Lipinski definition) is 1. The van der Waals surface area contributed by atoms with E-state index < -0.39 is 17.6 Å². The Morgan fingerprint density at radius 2 is 1.71 bits per heavy atom. The largest absolute Gasteiger partial charge is 0.419 e. The third kappa shape index (κ3) is 3.29. The highest BCUT2D eigenvalue weighted by Crippen LogP contribution is 2.33. The number of benzene rings is 2. The molecule has 1 nitrogen and oxygen atoms in total. The Bertz CT molecular complexity index is 674. The molecule has 0 aliphatic rings. The van der Waals surface area contributed by atoms with Crippen molar-refractivity contribution in [1.82, 2.24) is 0 Å². The number of alkyl halides is 3. The molecule has 0 bridgehead atoms. The fourth-order valence-electron chi connectivity index (χ4n) is 2.00. The fourth-order valence-corrected chi connectivity index (χ4v) is 2.00. The summed E-state index contributed by atoms with van der Waals surface area (Å²) in [6.45, 7) is 1.72. The highest BCUT2D eigenvalue weighted by atomic mass is 19.4. The maximum absolute atomic E-state index is 13.6. The van der Waals surface area contributed by atoms with Gasteiger partial charge in [0.05, 0.1) is 5.56 Å². The molecule has 5 heteroatoms. The van der Waals surface area contributed by atoms with Gasteiger partial charge in [0, 0.05) is 12.0 Å². The monoisotopic (exact) mass is 296 g/mol. The Hall–Kier alpha value is -2.17. The molecule has 0 aromatic heterocycles. The van der Waals surface area contributed by atoms with Crippen molar-refractivity contribution in [3.63, 3.8) is 0 Å². The first kappa shape index (κ1) is 15.2. The lowest BCUT2D eigenvalue weighted by Crippen LogP contribution is -2.07. The van der Waals surface area contributed by atoms with E-state index in [0.29, 0.717) is 29.2 Å². The van der Waals surface area contributed by atoms with Crippen LogP contribution in [0.3, 0.4) is 0 Å². The second-order valence-corrected chi connectivity index (χ2v) is 4.55. The number of ketones is 1. The number of carbonyl (C=O) groups excluding carboxylic acids is 1. The van der Waals surface area contributed by atoms with E-state index in [-0.39, 0.29) is 5.78 Å². The second-order valence-electron chi connectivity index (χ2n) is 4.55. The summed E-state index contributed by atoms with van der Waals surface area (Å²) < 4.78 is 51.1. The standard InChI is InChI=1S/C16H12F4O/c1-2-15(21)12-5-3-4-10(8-12)11-6-7-13(14(17)9-11)16(18,19)20/h3-9H,2H2,1H3. The molecular formula is C16H12F4O. The Labute approximate surface area is 119 Å². The molecule has 0 spiro atoms. The highest BCUT2D eigenvalue weighted by Gasteiger charge is 2.33. The van der Waals surface area contributed by atoms with Crippen molar-refractivity contribution < 1.29 is 22.4 Å². The number of halogens is 4. The molecule has 21 heavy (non-hydrogen) atoms. The number of carbonyl (C=O) groups is 1. The normalized spacial score (nSPS) is 11.5. The SMILES string of the molecule is CCC(=O)c1cccc(-c2ccc(C(F)(F)F)c(F)c2)c1. The maximum Gasteiger partial charge on any atom is 0.419 e. The van der Waals surface area contributed by atoms with E-state index in [0.717, 1.165) is 6.07 Å². The van der Waals surface area contributed by atoms with Gasteiger partial charge in [-0.2, -0.15) is 13.2 Å². The van der Waals surface area contributed by atoms with E-state index >= 15 is 0 Å². The molecule has 0 aliphatic heterocycles. The molecule has 2 aromatic rings. The summed E-state index contributed by atoms with van der Waals surface area (Å²) in [5.74, 6) is -1.41. The topological polar surface area (TPSA) is 17.1 Å². The van der Waals surface area contributed by atoms with Crippen molar-refractivity contribution in [1.29, 1.82) is 0 Å². The Kier molecular flexibility index (Phi) is 4.11. The zero-order valence-corrected chi connectivity index (χ0v) is 11.2. The van der Waals surface area contributed by atoms with Crippen molar-refractivity contribution in [2.75, 3.05) is 0 Å². The minimum Gasteiger partial charge on any atom is -0.294 e. The van der Waals surface area contributed by atoms with Crippen LogP contribution in [-0.4, -0.2) is 5.78 Å². The summed E-state index contributed by atoms with van der Waals surface area (Å²) in [5, 5.41) is 0. The zero-order valence-electron chi connectivity index (χ0n) is 11.2. The first-order chi connectivity index (χ1) is 9.82. The second kappa shape index (κ2) is 5.68. The van der Waals surface area contributed by atoms with Crippen LogP contribution in [-0.2, 0) is 6.18 Å². The van der Waals surface area contributed by atoms with Crippen LogP contribution in [0.5, 0.6) is 0 Å². The van der Waals surface area contributed by atoms with Crippen LogP contribution in [0.1, 0.15) is 29.3 Å². The summed E-state index contributed by atoms with van der Waals surface area (Å²) in [6.07, 6.45) is -4.40. The third-order valence-electron chi connectivity index (χ3n) is 3.11. The van der Waals surface area contributed by atoms with Crippen LogP contribution in [0.2, 0.25) is 0 Å². The quantitative estimate of drug-likeness (QED) is 0.568. The van der Waals surface area contributed by atoms with Crippen molar-refractivity contribution in [2.45, 2.75) is 19.5 Å². The lowest BCUT2D eigenvalue weighted by molar-refractivity contribution is -0.139. The first-order valence-corrected chi connectivity index (χ1v) is 6.33. The molecule has 0 aliphatic carbocycles. The molecule has 0 saturated carbocycles. The van der Waals surface area contributed by atoms with Crippen LogP contribution in [0.15, 0.2) is 42.5 Å². The van der Waals surface area contributed by atoms with Gasteiger partial charge in [0.25, 0.3) is 0 Å². The van der Waals surface area contributed by atoms with Gasteiger partial charge in [-0.3, -0.25) is 4.79 Å². The minimum absolute atomic E-state index is 0.0794. The number of Topliss-reactive ketones (excluding diaryl/α,β-unsaturated/α-hetero) is 1. The van der Waals surface area contributed by atoms with Crippen molar-refractivity contribution >= 4 is 5.78 Å². The molecular weight excluding hydrogens is 284 g/mol. The van der Waals surface area contributed by atoms with Gasteiger partial charge >= 0.3 is 6.18 Å². The fraction of sp³-hybridized carbons (Fsp3) is 0.188. The van der Waals surface area contributed by atoms with Gasteiger partial charge in [-0.25, -0.2) is 4.39 Å². The predicted molar refractivity (Wildman–Crippen MR) is 71.5 cm³/mol. The summed E-state index contributed by atoms with van der Waals surface area (Å²) in [6, 6.07) is 9.14. The predicted octanol–water partition coefficient (Wildman–Crippen LogP) is 5.10. The van der Waals surface area contributed by atoms with Crippen LogP contribution < -0.4 is 0 Å². The van der Waals surface area contributed by atoms with Gasteiger partial charge in [0.15, 0.2) is 5.78 Å². The van der Waals surface area contributed by atoms with E-state index in [4.69, 9.17) is 0 Å². The third-order valence-corrected chi connectivity index (χ3v) is 3.11. The molecule has 0 saturated heterocycles. The van der Waals surface area contributed by atoms with E-state index in [2.05, 4.69) is 0 Å². The summed E-state index contributed by atoms with van der Waals surface area (Å²) in [5.41, 5.74) is -0.0458. The van der Waals surface area contributed by atoms with Gasteiger partial charge in [-0.15, -0.1) is 0 Å². The molecule has 0 fully saturated rings. The van der Waals surface area contributed by atoms with E-state index in [1.165, 1.54) is 6.07 Å². The van der Waals surface area contributed by atoms with Gasteiger partial charge < -0.3 is 0 Å². The summed E-state index contributed by atoms with van der Waals surface area (Å²) >= 11 is 0. The smallest absolute Gasteiger partial charge is 0.294 e. The molecule has 0 amide bonds. The van der Waals surface area contributed by atoms with E-state index in [9.17, 15) is 22.4 Å². The molecule has 0 N–H and O–H groups in total. The molecule has 110 valence electrons. The molecule has 0 unspecified atom stereocenters. The van der Waals surface area contributed by atoms with Crippen molar-refractivity contribution in [2.24, 2.45) is 0 Å². The Morgan fingerprint density at radius 3 is 2.29 bits per heavy atom. The van der Waals surface area contributed by atoms with E-state index in [1.54, 1.807) is 31.2 Å². The van der Waals surface area contributed by atoms with Gasteiger partial charge in [0.1, 0.15) is 5.82 Å². The number of rotatable bonds is 3. The molecule has 0 atom stereocenters. The highest BCUT2D eigenvalue weighted by molar-refractivity contribution is 5.97. The van der Waals surface area contributed by atoms with Gasteiger partial charge in [-0.1, -0.05) is 31.2 Å². The first-order valence-electron chi connectivity index (χ1n) is 6.33. The summed E-state index contributed by atoms with van der Waals surface area (Å²) in [7, 11) is 0. The van der Waals surface area contributed by atoms with Gasteiger partial charge in [0.2, 0.25) is 0 Å². The van der Waals surface area contributed by atoms with E-state index in [1.807, 2.05) is 0 Å². The van der Waals surface area contributed by atoms with Gasteiger partial charge in [-0.05, 0) is 29.3 Å². The average molecular weight is 296 g/mol. The lowest BCUT2D eigenvalue weighted by atomic mass is 9.99.